The Bertz CT molecular complexity index is 491. The molecule has 0 aromatic heterocycles. The summed E-state index contributed by atoms with van der Waals surface area (Å²) < 4.78 is 1.91. The number of para-hydroxylation sites is 1. The molecule has 0 aliphatic heterocycles. The Labute approximate surface area is 121 Å². The van der Waals surface area contributed by atoms with Crippen LogP contribution in [0.4, 0.5) is 5.69 Å². The van der Waals surface area contributed by atoms with Gasteiger partial charge in [-0.3, -0.25) is 9.59 Å². The number of hydrogen-bond acceptors (Lipinski definition) is 5. The SMILES string of the molecule is CC(=O)NC(C(=O)Nc1ccccc1)C(C)(C)SN=O. The molecule has 1 aromatic carbocycles. The van der Waals surface area contributed by atoms with Gasteiger partial charge in [0.15, 0.2) is 0 Å². The predicted molar refractivity (Wildman–Crippen MR) is 80.1 cm³/mol. The van der Waals surface area contributed by atoms with Gasteiger partial charge in [-0.15, -0.1) is 4.91 Å². The lowest BCUT2D eigenvalue weighted by atomic mass is 10.0. The molecule has 1 aromatic rings. The second kappa shape index (κ2) is 7.04. The van der Waals surface area contributed by atoms with Gasteiger partial charge in [0, 0.05) is 29.1 Å². The van der Waals surface area contributed by atoms with E-state index in [1.54, 1.807) is 38.1 Å². The van der Waals surface area contributed by atoms with Crippen LogP contribution >= 0.6 is 11.9 Å². The van der Waals surface area contributed by atoms with Crippen molar-refractivity contribution >= 4 is 29.4 Å². The molecule has 0 fully saturated rings. The number of anilines is 1. The molecule has 0 saturated heterocycles. The van der Waals surface area contributed by atoms with Crippen molar-refractivity contribution in [2.75, 3.05) is 5.32 Å². The highest BCUT2D eigenvalue weighted by Gasteiger charge is 2.37. The molecule has 6 nitrogen and oxygen atoms in total. The van der Waals surface area contributed by atoms with Crippen molar-refractivity contribution in [2.24, 2.45) is 4.58 Å². The van der Waals surface area contributed by atoms with E-state index in [2.05, 4.69) is 15.2 Å². The van der Waals surface area contributed by atoms with Crippen LogP contribution in [0.2, 0.25) is 0 Å². The lowest BCUT2D eigenvalue weighted by Gasteiger charge is -2.30. The fourth-order valence-electron chi connectivity index (χ4n) is 1.64. The number of benzene rings is 1. The molecule has 0 radical (unpaired) electrons. The Kier molecular flexibility index (Phi) is 5.69. The predicted octanol–water partition coefficient (Wildman–Crippen LogP) is 2.32. The standard InChI is InChI=1S/C13H17N3O3S/c1-9(17)14-11(13(2,3)20-16-19)12(18)15-10-7-5-4-6-8-10/h4-8,11H,1-3H3,(H,14,17)(H,15,18). The van der Waals surface area contributed by atoms with Crippen LogP contribution in [0.1, 0.15) is 20.8 Å². The average Bonchev–Trinajstić information content (AvgIpc) is 2.36. The maximum absolute atomic E-state index is 12.3. The molecule has 2 N–H and O–H groups in total. The van der Waals surface area contributed by atoms with E-state index in [-0.39, 0.29) is 5.91 Å². The zero-order chi connectivity index (χ0) is 15.2. The topological polar surface area (TPSA) is 87.6 Å². The van der Waals surface area contributed by atoms with Crippen LogP contribution in [0, 0.1) is 4.91 Å². The quantitative estimate of drug-likeness (QED) is 0.623. The van der Waals surface area contributed by atoms with E-state index in [0.29, 0.717) is 17.6 Å². The van der Waals surface area contributed by atoms with Gasteiger partial charge < -0.3 is 10.6 Å². The normalized spacial score (nSPS) is 12.3. The Morgan fingerprint density at radius 1 is 1.25 bits per heavy atom. The van der Waals surface area contributed by atoms with Crippen molar-refractivity contribution in [3.05, 3.63) is 35.2 Å². The first-order valence-corrected chi connectivity index (χ1v) is 6.78. The van der Waals surface area contributed by atoms with Crippen molar-refractivity contribution in [1.82, 2.24) is 5.32 Å². The summed E-state index contributed by atoms with van der Waals surface area (Å²) in [7, 11) is 0. The number of nitrogens with zero attached hydrogens (tertiary/aromatic N) is 1. The third kappa shape index (κ3) is 4.65. The Hall–Kier alpha value is -1.89. The Morgan fingerprint density at radius 3 is 2.35 bits per heavy atom. The molecule has 0 saturated carbocycles. The summed E-state index contributed by atoms with van der Waals surface area (Å²) in [6.45, 7) is 4.66. The summed E-state index contributed by atoms with van der Waals surface area (Å²) in [6.07, 6.45) is 0. The molecule has 7 heteroatoms. The van der Waals surface area contributed by atoms with E-state index >= 15 is 0 Å². The highest BCUT2D eigenvalue weighted by molar-refractivity contribution is 7.99. The molecule has 1 unspecified atom stereocenters. The largest absolute Gasteiger partial charge is 0.343 e. The molecular formula is C13H17N3O3S. The van der Waals surface area contributed by atoms with Gasteiger partial charge in [0.2, 0.25) is 11.8 Å². The summed E-state index contributed by atoms with van der Waals surface area (Å²) in [4.78, 5) is 34.0. The number of rotatable bonds is 6. The first-order chi connectivity index (χ1) is 9.36. The monoisotopic (exact) mass is 295 g/mol. The lowest BCUT2D eigenvalue weighted by Crippen LogP contribution is -2.53. The highest BCUT2D eigenvalue weighted by atomic mass is 32.2. The molecule has 0 spiro atoms. The van der Waals surface area contributed by atoms with Crippen LogP contribution < -0.4 is 10.6 Å². The fraction of sp³-hybridized carbons (Fsp3) is 0.385. The van der Waals surface area contributed by atoms with Gasteiger partial charge in [-0.2, -0.15) is 0 Å². The zero-order valence-electron chi connectivity index (χ0n) is 11.5. The second-order valence-electron chi connectivity index (χ2n) is 4.76. The van der Waals surface area contributed by atoms with E-state index in [1.807, 2.05) is 6.07 Å². The highest BCUT2D eigenvalue weighted by Crippen LogP contribution is 2.29. The van der Waals surface area contributed by atoms with Crippen molar-refractivity contribution < 1.29 is 9.59 Å². The van der Waals surface area contributed by atoms with Crippen molar-refractivity contribution in [3.8, 4) is 0 Å². The fourth-order valence-corrected chi connectivity index (χ4v) is 2.11. The van der Waals surface area contributed by atoms with Gasteiger partial charge in [-0.1, -0.05) is 18.2 Å². The van der Waals surface area contributed by atoms with Gasteiger partial charge in [0.05, 0.1) is 4.75 Å². The lowest BCUT2D eigenvalue weighted by molar-refractivity contribution is -0.125. The van der Waals surface area contributed by atoms with Crippen LogP contribution in [0.5, 0.6) is 0 Å². The van der Waals surface area contributed by atoms with Gasteiger partial charge in [0.1, 0.15) is 6.04 Å². The molecule has 2 amide bonds. The number of nitrogens with one attached hydrogen (secondary N) is 2. The molecular weight excluding hydrogens is 278 g/mol. The van der Waals surface area contributed by atoms with Gasteiger partial charge in [0.25, 0.3) is 0 Å². The average molecular weight is 295 g/mol. The summed E-state index contributed by atoms with van der Waals surface area (Å²) in [5, 5.41) is 5.26. The van der Waals surface area contributed by atoms with Crippen LogP contribution in [0.15, 0.2) is 34.9 Å². The molecule has 0 aliphatic rings. The number of carbonyl (C=O) groups is 2. The number of carbonyl (C=O) groups excluding carboxylic acids is 2. The van der Waals surface area contributed by atoms with Crippen molar-refractivity contribution in [3.63, 3.8) is 0 Å². The van der Waals surface area contributed by atoms with Crippen LogP contribution in [-0.4, -0.2) is 22.6 Å². The second-order valence-corrected chi connectivity index (χ2v) is 6.14. The van der Waals surface area contributed by atoms with Crippen LogP contribution in [0.3, 0.4) is 0 Å². The maximum atomic E-state index is 12.3. The van der Waals surface area contributed by atoms with Crippen molar-refractivity contribution in [1.29, 1.82) is 0 Å². The smallest absolute Gasteiger partial charge is 0.248 e. The molecule has 0 heterocycles. The summed E-state index contributed by atoms with van der Waals surface area (Å²) in [5.74, 6) is -0.745. The molecule has 0 aliphatic carbocycles. The minimum absolute atomic E-state index is 0.349. The van der Waals surface area contributed by atoms with Gasteiger partial charge >= 0.3 is 0 Å². The van der Waals surface area contributed by atoms with E-state index in [4.69, 9.17) is 0 Å². The van der Waals surface area contributed by atoms with Gasteiger partial charge in [-0.25, -0.2) is 0 Å². The minimum Gasteiger partial charge on any atom is -0.343 e. The molecule has 20 heavy (non-hydrogen) atoms. The zero-order valence-corrected chi connectivity index (χ0v) is 12.4. The summed E-state index contributed by atoms with van der Waals surface area (Å²) in [6, 6.07) is 8.01. The van der Waals surface area contributed by atoms with E-state index in [1.165, 1.54) is 6.92 Å². The molecule has 1 rings (SSSR count). The summed E-state index contributed by atoms with van der Waals surface area (Å²) in [5.41, 5.74) is 0.618. The first kappa shape index (κ1) is 16.2. The maximum Gasteiger partial charge on any atom is 0.248 e. The minimum atomic E-state index is -0.872. The van der Waals surface area contributed by atoms with Crippen LogP contribution in [-0.2, 0) is 9.59 Å². The van der Waals surface area contributed by atoms with Gasteiger partial charge in [-0.05, 0) is 26.0 Å². The molecule has 108 valence electrons. The van der Waals surface area contributed by atoms with E-state index in [0.717, 1.165) is 0 Å². The van der Waals surface area contributed by atoms with E-state index in [9.17, 15) is 14.5 Å². The Morgan fingerprint density at radius 2 is 1.85 bits per heavy atom. The van der Waals surface area contributed by atoms with Crippen molar-refractivity contribution in [2.45, 2.75) is 31.6 Å². The summed E-state index contributed by atoms with van der Waals surface area (Å²) >= 11 is 0.716. The Balaban J connectivity index is 2.90. The number of hydrogen-bond donors (Lipinski definition) is 2. The number of amides is 2. The molecule has 1 atom stereocenters. The third-order valence-electron chi connectivity index (χ3n) is 2.62. The first-order valence-electron chi connectivity index (χ1n) is 6.00. The third-order valence-corrected chi connectivity index (χ3v) is 3.40. The van der Waals surface area contributed by atoms with Crippen LogP contribution in [0.25, 0.3) is 0 Å². The van der Waals surface area contributed by atoms with E-state index < -0.39 is 16.7 Å². The molecule has 0 bridgehead atoms. The number of nitroso groups, excluding NO2 is 1.